The molecule has 13 heavy (non-hydrogen) atoms. The summed E-state index contributed by atoms with van der Waals surface area (Å²) >= 11 is 0. The van der Waals surface area contributed by atoms with Gasteiger partial charge < -0.3 is 15.3 Å². The summed E-state index contributed by atoms with van der Waals surface area (Å²) < 4.78 is 5.32. The van der Waals surface area contributed by atoms with Gasteiger partial charge in [-0.1, -0.05) is 0 Å². The summed E-state index contributed by atoms with van der Waals surface area (Å²) in [5, 5.41) is 16.1. The van der Waals surface area contributed by atoms with E-state index in [1.165, 1.54) is 6.92 Å². The Morgan fingerprint density at radius 1 is 1.77 bits per heavy atom. The normalized spacial score (nSPS) is 24.2. The Morgan fingerprint density at radius 2 is 2.46 bits per heavy atom. The van der Waals surface area contributed by atoms with E-state index in [-0.39, 0.29) is 11.8 Å². The molecule has 0 aromatic carbocycles. The van der Waals surface area contributed by atoms with Gasteiger partial charge in [0.05, 0.1) is 12.0 Å². The van der Waals surface area contributed by atoms with Crippen molar-refractivity contribution < 1.29 is 14.6 Å². The average molecular weight is 185 g/mol. The van der Waals surface area contributed by atoms with Crippen molar-refractivity contribution in [2.75, 3.05) is 6.61 Å². The zero-order valence-electron chi connectivity index (χ0n) is 7.75. The Morgan fingerprint density at radius 3 is 2.85 bits per heavy atom. The highest BCUT2D eigenvalue weighted by Crippen LogP contribution is 2.20. The van der Waals surface area contributed by atoms with Gasteiger partial charge in [-0.25, -0.2) is 0 Å². The second-order valence-electron chi connectivity index (χ2n) is 3.44. The Labute approximate surface area is 77.4 Å². The maximum atomic E-state index is 10.7. The number of carboxylic acids is 1. The number of hydrogen-bond acceptors (Lipinski definition) is 3. The van der Waals surface area contributed by atoms with Gasteiger partial charge in [0, 0.05) is 12.3 Å². The van der Waals surface area contributed by atoms with Gasteiger partial charge in [0.15, 0.2) is 0 Å². The second kappa shape index (κ2) is 4.37. The van der Waals surface area contributed by atoms with Gasteiger partial charge in [-0.15, -0.1) is 0 Å². The van der Waals surface area contributed by atoms with Gasteiger partial charge >= 0.3 is 5.97 Å². The maximum Gasteiger partial charge on any atom is 0.312 e. The molecule has 0 amide bonds. The summed E-state index contributed by atoms with van der Waals surface area (Å²) in [6.07, 6.45) is 2.43. The van der Waals surface area contributed by atoms with Crippen molar-refractivity contribution in [1.29, 1.82) is 5.41 Å². The van der Waals surface area contributed by atoms with Gasteiger partial charge in [-0.3, -0.25) is 4.79 Å². The van der Waals surface area contributed by atoms with Crippen molar-refractivity contribution in [3.63, 3.8) is 0 Å². The summed E-state index contributed by atoms with van der Waals surface area (Å²) in [7, 11) is 0. The highest BCUT2D eigenvalue weighted by Gasteiger charge is 2.26. The van der Waals surface area contributed by atoms with E-state index in [1.807, 2.05) is 0 Å². The van der Waals surface area contributed by atoms with Crippen LogP contribution < -0.4 is 0 Å². The van der Waals surface area contributed by atoms with Crippen LogP contribution in [0.1, 0.15) is 26.2 Å². The molecular formula is C9H15NO3. The van der Waals surface area contributed by atoms with Crippen molar-refractivity contribution in [3.8, 4) is 0 Å². The van der Waals surface area contributed by atoms with Crippen molar-refractivity contribution >= 4 is 11.7 Å². The highest BCUT2D eigenvalue weighted by molar-refractivity contribution is 5.98. The number of carboxylic acid groups (broad SMARTS) is 1. The largest absolute Gasteiger partial charge is 0.481 e. The molecule has 1 aliphatic heterocycles. The quantitative estimate of drug-likeness (QED) is 0.648. The molecule has 2 unspecified atom stereocenters. The lowest BCUT2D eigenvalue weighted by Gasteiger charge is -2.15. The van der Waals surface area contributed by atoms with Crippen LogP contribution in [-0.4, -0.2) is 29.5 Å². The number of ether oxygens (including phenoxy) is 1. The van der Waals surface area contributed by atoms with E-state index in [4.69, 9.17) is 15.3 Å². The van der Waals surface area contributed by atoms with E-state index < -0.39 is 11.9 Å². The second-order valence-corrected chi connectivity index (χ2v) is 3.44. The van der Waals surface area contributed by atoms with Crippen LogP contribution in [0.5, 0.6) is 0 Å². The fraction of sp³-hybridized carbons (Fsp3) is 0.778. The monoisotopic (exact) mass is 185 g/mol. The van der Waals surface area contributed by atoms with Crippen LogP contribution in [0.3, 0.4) is 0 Å². The smallest absolute Gasteiger partial charge is 0.312 e. The topological polar surface area (TPSA) is 70.4 Å². The van der Waals surface area contributed by atoms with E-state index in [0.29, 0.717) is 6.42 Å². The Balaban J connectivity index is 2.46. The molecule has 0 aromatic heterocycles. The molecule has 4 heteroatoms. The molecule has 74 valence electrons. The van der Waals surface area contributed by atoms with Crippen molar-refractivity contribution in [2.45, 2.75) is 32.3 Å². The van der Waals surface area contributed by atoms with Crippen LogP contribution in [0.4, 0.5) is 0 Å². The first kappa shape index (κ1) is 10.2. The lowest BCUT2D eigenvalue weighted by atomic mass is 9.96. The molecule has 2 N–H and O–H groups in total. The molecule has 1 rings (SSSR count). The molecule has 0 aliphatic carbocycles. The minimum absolute atomic E-state index is 0.0430. The molecule has 1 aliphatic rings. The number of carbonyl (C=O) groups is 1. The first-order valence-electron chi connectivity index (χ1n) is 4.50. The predicted octanol–water partition coefficient (Wildman–Crippen LogP) is 1.30. The average Bonchev–Trinajstić information content (AvgIpc) is 2.50. The minimum Gasteiger partial charge on any atom is -0.481 e. The first-order valence-corrected chi connectivity index (χ1v) is 4.50. The third-order valence-corrected chi connectivity index (χ3v) is 2.34. The summed E-state index contributed by atoms with van der Waals surface area (Å²) in [5.74, 6) is -1.58. The molecule has 0 aromatic rings. The molecular weight excluding hydrogens is 170 g/mol. The zero-order chi connectivity index (χ0) is 9.84. The van der Waals surface area contributed by atoms with Gasteiger partial charge in [-0.05, 0) is 26.2 Å². The molecule has 2 atom stereocenters. The number of rotatable bonds is 4. The van der Waals surface area contributed by atoms with E-state index in [0.717, 1.165) is 19.4 Å². The molecule has 4 nitrogen and oxygen atoms in total. The third kappa shape index (κ3) is 2.81. The molecule has 1 saturated heterocycles. The van der Waals surface area contributed by atoms with Gasteiger partial charge in [0.25, 0.3) is 0 Å². The summed E-state index contributed by atoms with van der Waals surface area (Å²) in [4.78, 5) is 10.7. The van der Waals surface area contributed by atoms with Gasteiger partial charge in [0.2, 0.25) is 0 Å². The fourth-order valence-corrected chi connectivity index (χ4v) is 1.56. The van der Waals surface area contributed by atoms with Crippen LogP contribution in [0, 0.1) is 11.3 Å². The predicted molar refractivity (Wildman–Crippen MR) is 48.1 cm³/mol. The van der Waals surface area contributed by atoms with Crippen molar-refractivity contribution in [2.24, 2.45) is 5.92 Å². The molecule has 1 fully saturated rings. The Hall–Kier alpha value is -0.900. The molecule has 1 heterocycles. The summed E-state index contributed by atoms with van der Waals surface area (Å²) in [5.41, 5.74) is 0.211. The van der Waals surface area contributed by atoms with E-state index in [1.54, 1.807) is 0 Å². The standard InChI is InChI=1S/C9H15NO3/c1-6(10)8(9(11)12)5-7-3-2-4-13-7/h7-8,10H,2-5H2,1H3,(H,11,12). The fourth-order valence-electron chi connectivity index (χ4n) is 1.56. The van der Waals surface area contributed by atoms with E-state index in [2.05, 4.69) is 0 Å². The lowest BCUT2D eigenvalue weighted by Crippen LogP contribution is -2.25. The third-order valence-electron chi connectivity index (χ3n) is 2.34. The number of nitrogens with one attached hydrogen (secondary N) is 1. The Kier molecular flexibility index (Phi) is 3.42. The molecule has 0 bridgehead atoms. The van der Waals surface area contributed by atoms with Crippen LogP contribution in [0.15, 0.2) is 0 Å². The number of hydrogen-bond donors (Lipinski definition) is 2. The van der Waals surface area contributed by atoms with E-state index >= 15 is 0 Å². The van der Waals surface area contributed by atoms with Crippen molar-refractivity contribution in [1.82, 2.24) is 0 Å². The van der Waals surface area contributed by atoms with Crippen molar-refractivity contribution in [3.05, 3.63) is 0 Å². The maximum absolute atomic E-state index is 10.7. The summed E-state index contributed by atoms with van der Waals surface area (Å²) in [6, 6.07) is 0. The van der Waals surface area contributed by atoms with Crippen LogP contribution >= 0.6 is 0 Å². The number of aliphatic carboxylic acids is 1. The minimum atomic E-state index is -0.914. The zero-order valence-corrected chi connectivity index (χ0v) is 7.75. The van der Waals surface area contributed by atoms with Gasteiger partial charge in [-0.2, -0.15) is 0 Å². The lowest BCUT2D eigenvalue weighted by molar-refractivity contribution is -0.140. The van der Waals surface area contributed by atoms with Crippen LogP contribution in [0.2, 0.25) is 0 Å². The van der Waals surface area contributed by atoms with E-state index in [9.17, 15) is 4.79 Å². The van der Waals surface area contributed by atoms with Crippen LogP contribution in [-0.2, 0) is 9.53 Å². The molecule has 0 spiro atoms. The SMILES string of the molecule is CC(=N)C(CC1CCCO1)C(=O)O. The first-order chi connectivity index (χ1) is 6.11. The molecule has 0 radical (unpaired) electrons. The van der Waals surface area contributed by atoms with Crippen LogP contribution in [0.25, 0.3) is 0 Å². The highest BCUT2D eigenvalue weighted by atomic mass is 16.5. The molecule has 0 saturated carbocycles. The Bertz CT molecular complexity index is 195. The van der Waals surface area contributed by atoms with Gasteiger partial charge in [0.1, 0.15) is 0 Å². The summed E-state index contributed by atoms with van der Waals surface area (Å²) in [6.45, 7) is 2.27.